The van der Waals surface area contributed by atoms with E-state index >= 15 is 0 Å². The number of anilines is 1. The smallest absolute Gasteiger partial charge is 0.265 e. The Morgan fingerprint density at radius 3 is 2.52 bits per heavy atom. The van der Waals surface area contributed by atoms with Gasteiger partial charge >= 0.3 is 0 Å². The lowest BCUT2D eigenvalue weighted by Crippen LogP contribution is -2.44. The molecular formula is C21H25N3O4S3. The lowest BCUT2D eigenvalue weighted by Gasteiger charge is -2.32. The molecule has 0 bridgehead atoms. The zero-order chi connectivity index (χ0) is 21.8. The van der Waals surface area contributed by atoms with Crippen LogP contribution in [-0.4, -0.2) is 67.1 Å². The van der Waals surface area contributed by atoms with Crippen LogP contribution in [-0.2, 0) is 14.8 Å². The highest BCUT2D eigenvalue weighted by molar-refractivity contribution is 7.99. The van der Waals surface area contributed by atoms with Gasteiger partial charge in [0.15, 0.2) is 0 Å². The van der Waals surface area contributed by atoms with Gasteiger partial charge < -0.3 is 10.2 Å². The number of rotatable bonds is 5. The second-order valence-corrected chi connectivity index (χ2v) is 11.6. The summed E-state index contributed by atoms with van der Waals surface area (Å²) >= 11 is 2.88. The molecule has 166 valence electrons. The lowest BCUT2D eigenvalue weighted by molar-refractivity contribution is -0.121. The van der Waals surface area contributed by atoms with Gasteiger partial charge in [0.2, 0.25) is 15.9 Å². The third-order valence-corrected chi connectivity index (χ3v) is 9.45. The molecule has 1 aromatic carbocycles. The lowest BCUT2D eigenvalue weighted by atomic mass is 9.97. The highest BCUT2D eigenvalue weighted by atomic mass is 32.2. The van der Waals surface area contributed by atoms with E-state index in [-0.39, 0.29) is 34.0 Å². The number of para-hydroxylation sites is 1. The maximum atomic E-state index is 13.3. The fourth-order valence-electron chi connectivity index (χ4n) is 3.87. The molecule has 4 rings (SSSR count). The molecule has 0 radical (unpaired) electrons. The second kappa shape index (κ2) is 9.72. The molecule has 3 heterocycles. The van der Waals surface area contributed by atoms with Crippen molar-refractivity contribution in [3.63, 3.8) is 0 Å². The van der Waals surface area contributed by atoms with Gasteiger partial charge in [0.05, 0.1) is 5.92 Å². The number of carbonyl (C=O) groups is 2. The van der Waals surface area contributed by atoms with Crippen LogP contribution >= 0.6 is 23.1 Å². The SMILES string of the molecule is O=C(Nc1ccccc1)C1CCCN(C(=O)c2sccc2S(=O)(=O)N2CCSCC2)C1. The third-order valence-electron chi connectivity index (χ3n) is 5.53. The number of likely N-dealkylation sites (tertiary alicyclic amines) is 1. The van der Waals surface area contributed by atoms with Gasteiger partial charge in [0.25, 0.3) is 5.91 Å². The average molecular weight is 480 g/mol. The maximum absolute atomic E-state index is 13.3. The van der Waals surface area contributed by atoms with Crippen molar-refractivity contribution < 1.29 is 18.0 Å². The molecule has 2 saturated heterocycles. The molecule has 2 amide bonds. The van der Waals surface area contributed by atoms with Crippen LogP contribution < -0.4 is 5.32 Å². The summed E-state index contributed by atoms with van der Waals surface area (Å²) in [4.78, 5) is 27.9. The standard InChI is InChI=1S/C21H25N3O4S3/c25-20(22-17-6-2-1-3-7-17)16-5-4-9-23(15-16)21(26)19-18(8-12-30-19)31(27,28)24-10-13-29-14-11-24/h1-3,6-8,12,16H,4-5,9-11,13-15H2,(H,22,25). The van der Waals surface area contributed by atoms with Crippen molar-refractivity contribution >= 4 is 50.6 Å². The fraction of sp³-hybridized carbons (Fsp3) is 0.429. The Kier molecular flexibility index (Phi) is 7.00. The van der Waals surface area contributed by atoms with Crippen LogP contribution in [0.1, 0.15) is 22.5 Å². The summed E-state index contributed by atoms with van der Waals surface area (Å²) in [6, 6.07) is 10.8. The molecule has 31 heavy (non-hydrogen) atoms. The fourth-order valence-corrected chi connectivity index (χ4v) is 7.81. The Hall–Kier alpha value is -1.88. The van der Waals surface area contributed by atoms with Gasteiger partial charge in [-0.25, -0.2) is 8.42 Å². The number of thioether (sulfide) groups is 1. The van der Waals surface area contributed by atoms with Crippen LogP contribution in [0, 0.1) is 5.92 Å². The number of carbonyl (C=O) groups excluding carboxylic acids is 2. The predicted octanol–water partition coefficient (Wildman–Crippen LogP) is 2.98. The van der Waals surface area contributed by atoms with E-state index in [1.165, 1.54) is 10.4 Å². The van der Waals surface area contributed by atoms with Gasteiger partial charge in [0, 0.05) is 43.4 Å². The van der Waals surface area contributed by atoms with Crippen molar-refractivity contribution in [2.45, 2.75) is 17.7 Å². The van der Waals surface area contributed by atoms with Crippen LogP contribution in [0.4, 0.5) is 5.69 Å². The average Bonchev–Trinajstić information content (AvgIpc) is 3.31. The molecule has 1 aromatic heterocycles. The van der Waals surface area contributed by atoms with Crippen molar-refractivity contribution in [1.29, 1.82) is 0 Å². The number of sulfonamides is 1. The summed E-state index contributed by atoms with van der Waals surface area (Å²) in [5.41, 5.74) is 0.724. The Labute approximate surface area is 190 Å². The number of hydrogen-bond donors (Lipinski definition) is 1. The molecule has 2 aromatic rings. The topological polar surface area (TPSA) is 86.8 Å². The van der Waals surface area contributed by atoms with Crippen molar-refractivity contribution in [3.05, 3.63) is 46.7 Å². The van der Waals surface area contributed by atoms with Crippen molar-refractivity contribution in [3.8, 4) is 0 Å². The monoisotopic (exact) mass is 479 g/mol. The van der Waals surface area contributed by atoms with Crippen LogP contribution in [0.3, 0.4) is 0 Å². The van der Waals surface area contributed by atoms with Gasteiger partial charge in [-0.15, -0.1) is 11.3 Å². The van der Waals surface area contributed by atoms with Gasteiger partial charge in [0.1, 0.15) is 9.77 Å². The van der Waals surface area contributed by atoms with E-state index in [0.29, 0.717) is 32.5 Å². The molecule has 0 aliphatic carbocycles. The Balaban J connectivity index is 1.47. The molecule has 7 nitrogen and oxygen atoms in total. The number of benzene rings is 1. The highest BCUT2D eigenvalue weighted by Crippen LogP contribution is 2.30. The quantitative estimate of drug-likeness (QED) is 0.713. The molecule has 2 fully saturated rings. The minimum absolute atomic E-state index is 0.0882. The Morgan fingerprint density at radius 1 is 1.03 bits per heavy atom. The first-order valence-electron chi connectivity index (χ1n) is 10.3. The minimum atomic E-state index is -3.70. The molecule has 0 spiro atoms. The van der Waals surface area contributed by atoms with E-state index in [4.69, 9.17) is 0 Å². The van der Waals surface area contributed by atoms with E-state index in [9.17, 15) is 18.0 Å². The molecule has 10 heteroatoms. The normalized spacial score (nSPS) is 20.4. The van der Waals surface area contributed by atoms with E-state index < -0.39 is 10.0 Å². The van der Waals surface area contributed by atoms with Crippen molar-refractivity contribution in [2.24, 2.45) is 5.92 Å². The summed E-state index contributed by atoms with van der Waals surface area (Å²) in [5, 5.41) is 4.56. The molecule has 1 atom stereocenters. The molecule has 0 saturated carbocycles. The zero-order valence-corrected chi connectivity index (χ0v) is 19.5. The van der Waals surface area contributed by atoms with Gasteiger partial charge in [-0.2, -0.15) is 16.1 Å². The van der Waals surface area contributed by atoms with Gasteiger partial charge in [-0.1, -0.05) is 18.2 Å². The van der Waals surface area contributed by atoms with Crippen LogP contribution in [0.25, 0.3) is 0 Å². The van der Waals surface area contributed by atoms with E-state index in [1.807, 2.05) is 30.3 Å². The van der Waals surface area contributed by atoms with Crippen LogP contribution in [0.5, 0.6) is 0 Å². The first-order valence-corrected chi connectivity index (χ1v) is 13.7. The highest BCUT2D eigenvalue weighted by Gasteiger charge is 2.35. The summed E-state index contributed by atoms with van der Waals surface area (Å²) in [7, 11) is -3.70. The molecule has 1 N–H and O–H groups in total. The third kappa shape index (κ3) is 4.97. The maximum Gasteiger partial charge on any atom is 0.265 e. The summed E-state index contributed by atoms with van der Waals surface area (Å²) in [6.45, 7) is 1.73. The second-order valence-electron chi connectivity index (χ2n) is 7.58. The number of nitrogens with one attached hydrogen (secondary N) is 1. The number of thiophene rings is 1. The van der Waals surface area contributed by atoms with Gasteiger partial charge in [-0.3, -0.25) is 9.59 Å². The summed E-state index contributed by atoms with van der Waals surface area (Å²) in [5.74, 6) is 0.774. The van der Waals surface area contributed by atoms with E-state index in [1.54, 1.807) is 22.0 Å². The minimum Gasteiger partial charge on any atom is -0.337 e. The number of hydrogen-bond acceptors (Lipinski definition) is 6. The van der Waals surface area contributed by atoms with Crippen LogP contribution in [0.2, 0.25) is 0 Å². The molecule has 2 aliphatic heterocycles. The summed E-state index contributed by atoms with van der Waals surface area (Å²) < 4.78 is 27.7. The Bertz CT molecular complexity index is 1030. The first kappa shape index (κ1) is 22.3. The molecule has 2 aliphatic rings. The number of piperidine rings is 1. The largest absolute Gasteiger partial charge is 0.337 e. The summed E-state index contributed by atoms with van der Waals surface area (Å²) in [6.07, 6.45) is 1.40. The van der Waals surface area contributed by atoms with Crippen LogP contribution in [0.15, 0.2) is 46.7 Å². The van der Waals surface area contributed by atoms with Crippen molar-refractivity contribution in [1.82, 2.24) is 9.21 Å². The van der Waals surface area contributed by atoms with Gasteiger partial charge in [-0.05, 0) is 36.4 Å². The van der Waals surface area contributed by atoms with E-state index in [2.05, 4.69) is 5.32 Å². The predicted molar refractivity (Wildman–Crippen MR) is 124 cm³/mol. The zero-order valence-electron chi connectivity index (χ0n) is 17.0. The van der Waals surface area contributed by atoms with E-state index in [0.717, 1.165) is 28.5 Å². The first-order chi connectivity index (χ1) is 15.0. The van der Waals surface area contributed by atoms with Crippen molar-refractivity contribution in [2.75, 3.05) is 43.0 Å². The molecular weight excluding hydrogens is 454 g/mol. The number of amides is 2. The number of nitrogens with zero attached hydrogens (tertiary/aromatic N) is 2. The molecule has 1 unspecified atom stereocenters. The Morgan fingerprint density at radius 2 is 1.77 bits per heavy atom.